The van der Waals surface area contributed by atoms with Crippen LogP contribution in [0, 0.1) is 0 Å². The average Bonchev–Trinajstić information content (AvgIpc) is 2.90. The van der Waals surface area contributed by atoms with Crippen LogP contribution in [0.4, 0.5) is 0 Å². The number of carbonyl (C=O) groups is 1. The molecule has 1 aromatic heterocycles. The maximum absolute atomic E-state index is 11.3. The number of hydrogen-bond donors (Lipinski definition) is 0. The van der Waals surface area contributed by atoms with Gasteiger partial charge in [0.2, 0.25) is 5.76 Å². The van der Waals surface area contributed by atoms with Gasteiger partial charge >= 0.3 is 5.97 Å². The number of methoxy groups -OCH3 is 1. The van der Waals surface area contributed by atoms with E-state index >= 15 is 0 Å². The lowest BCUT2D eigenvalue weighted by Gasteiger charge is -2.09. The molecule has 0 aliphatic carbocycles. The first-order valence-corrected chi connectivity index (χ1v) is 6.97. The maximum atomic E-state index is 11.3. The first-order chi connectivity index (χ1) is 9.11. The highest BCUT2D eigenvalue weighted by molar-refractivity contribution is 7.99. The van der Waals surface area contributed by atoms with Gasteiger partial charge in [0.25, 0.3) is 0 Å². The summed E-state index contributed by atoms with van der Waals surface area (Å²) < 4.78 is 10.1. The molecule has 0 saturated carbocycles. The Morgan fingerprint density at radius 3 is 2.74 bits per heavy atom. The van der Waals surface area contributed by atoms with Crippen molar-refractivity contribution in [3.8, 4) is 0 Å². The maximum Gasteiger partial charge on any atom is 0.373 e. The fourth-order valence-electron chi connectivity index (χ4n) is 1.57. The van der Waals surface area contributed by atoms with Crippen molar-refractivity contribution in [3.63, 3.8) is 0 Å². The van der Waals surface area contributed by atoms with Crippen LogP contribution in [0.1, 0.15) is 28.5 Å². The van der Waals surface area contributed by atoms with E-state index in [9.17, 15) is 4.79 Å². The van der Waals surface area contributed by atoms with Gasteiger partial charge in [0.05, 0.1) is 17.4 Å². The summed E-state index contributed by atoms with van der Waals surface area (Å²) in [6.45, 7) is 1.99. The summed E-state index contributed by atoms with van der Waals surface area (Å²) in [5.74, 6) is 0.454. The lowest BCUT2D eigenvalue weighted by Crippen LogP contribution is -1.98. The van der Waals surface area contributed by atoms with Gasteiger partial charge in [0, 0.05) is 4.90 Å². The molecule has 3 nitrogen and oxygen atoms in total. The normalized spacial score (nSPS) is 12.2. The van der Waals surface area contributed by atoms with Gasteiger partial charge < -0.3 is 9.15 Å². The van der Waals surface area contributed by atoms with Gasteiger partial charge in [-0.3, -0.25) is 0 Å². The molecule has 0 amide bonds. The number of esters is 1. The van der Waals surface area contributed by atoms with Crippen molar-refractivity contribution in [2.45, 2.75) is 17.1 Å². The van der Waals surface area contributed by atoms with Gasteiger partial charge in [-0.2, -0.15) is 0 Å². The molecule has 0 saturated heterocycles. The van der Waals surface area contributed by atoms with E-state index in [4.69, 9.17) is 16.0 Å². The van der Waals surface area contributed by atoms with E-state index in [1.54, 1.807) is 23.9 Å². The summed E-state index contributed by atoms with van der Waals surface area (Å²) in [5, 5.41) is 0.761. The molecule has 0 radical (unpaired) electrons. The largest absolute Gasteiger partial charge is 0.463 e. The summed E-state index contributed by atoms with van der Waals surface area (Å²) in [4.78, 5) is 12.3. The minimum absolute atomic E-state index is 0.0540. The fraction of sp³-hybridized carbons (Fsp3) is 0.214. The molecule has 0 spiro atoms. The Bertz CT molecular complexity index is 580. The van der Waals surface area contributed by atoms with Crippen molar-refractivity contribution in [1.29, 1.82) is 0 Å². The minimum Gasteiger partial charge on any atom is -0.463 e. The zero-order chi connectivity index (χ0) is 13.8. The van der Waals surface area contributed by atoms with Crippen molar-refractivity contribution in [2.75, 3.05) is 7.11 Å². The Morgan fingerprint density at radius 1 is 1.32 bits per heavy atom. The van der Waals surface area contributed by atoms with Crippen LogP contribution < -0.4 is 0 Å². The molecule has 1 aromatic carbocycles. The molecule has 2 rings (SSSR count). The second-order valence-corrected chi connectivity index (χ2v) is 5.67. The van der Waals surface area contributed by atoms with Gasteiger partial charge in [-0.25, -0.2) is 4.79 Å². The zero-order valence-corrected chi connectivity index (χ0v) is 12.1. The van der Waals surface area contributed by atoms with E-state index in [-0.39, 0.29) is 11.0 Å². The van der Waals surface area contributed by atoms with Crippen molar-refractivity contribution in [2.24, 2.45) is 0 Å². The third-order valence-corrected chi connectivity index (χ3v) is 4.19. The molecule has 1 heterocycles. The van der Waals surface area contributed by atoms with Gasteiger partial charge in [0.1, 0.15) is 5.76 Å². The van der Waals surface area contributed by atoms with Crippen molar-refractivity contribution < 1.29 is 13.9 Å². The summed E-state index contributed by atoms with van der Waals surface area (Å²) in [7, 11) is 1.33. The first-order valence-electron chi connectivity index (χ1n) is 5.71. The molecular formula is C14H13ClO3S. The average molecular weight is 297 g/mol. The molecule has 2 aromatic rings. The predicted octanol–water partition coefficient (Wildman–Crippen LogP) is 4.57. The van der Waals surface area contributed by atoms with Crippen LogP contribution in [0.25, 0.3) is 0 Å². The van der Waals surface area contributed by atoms with E-state index < -0.39 is 5.97 Å². The number of carbonyl (C=O) groups excluding carboxylic acids is 1. The zero-order valence-electron chi connectivity index (χ0n) is 10.6. The van der Waals surface area contributed by atoms with Crippen LogP contribution in [-0.4, -0.2) is 13.1 Å². The number of hydrogen-bond acceptors (Lipinski definition) is 4. The molecule has 100 valence electrons. The smallest absolute Gasteiger partial charge is 0.373 e. The van der Waals surface area contributed by atoms with Crippen LogP contribution in [0.3, 0.4) is 0 Å². The number of rotatable bonds is 4. The second-order valence-electron chi connectivity index (χ2n) is 3.88. The van der Waals surface area contributed by atoms with Crippen LogP contribution in [-0.2, 0) is 4.74 Å². The molecule has 0 N–H and O–H groups in total. The van der Waals surface area contributed by atoms with Crippen LogP contribution in [0.5, 0.6) is 0 Å². The molecule has 1 unspecified atom stereocenters. The van der Waals surface area contributed by atoms with Crippen molar-refractivity contribution >= 4 is 29.3 Å². The molecule has 0 aliphatic heterocycles. The minimum atomic E-state index is -0.471. The molecule has 5 heteroatoms. The molecule has 0 bridgehead atoms. The summed E-state index contributed by atoms with van der Waals surface area (Å²) in [5.41, 5.74) is 0. The third kappa shape index (κ3) is 3.33. The van der Waals surface area contributed by atoms with E-state index in [0.29, 0.717) is 10.8 Å². The van der Waals surface area contributed by atoms with Crippen molar-refractivity contribution in [1.82, 2.24) is 0 Å². The summed E-state index contributed by atoms with van der Waals surface area (Å²) in [6.07, 6.45) is 0. The number of thioether (sulfide) groups is 1. The summed E-state index contributed by atoms with van der Waals surface area (Å²) in [6, 6.07) is 11.0. The van der Waals surface area contributed by atoms with Gasteiger partial charge in [0.15, 0.2) is 0 Å². The van der Waals surface area contributed by atoms with Crippen LogP contribution in [0.15, 0.2) is 45.7 Å². The van der Waals surface area contributed by atoms with E-state index in [1.165, 1.54) is 7.11 Å². The topological polar surface area (TPSA) is 39.4 Å². The van der Waals surface area contributed by atoms with E-state index in [0.717, 1.165) is 4.90 Å². The number of halogens is 1. The third-order valence-electron chi connectivity index (χ3n) is 2.55. The fourth-order valence-corrected chi connectivity index (χ4v) is 2.80. The molecule has 0 fully saturated rings. The highest BCUT2D eigenvalue weighted by Crippen LogP contribution is 2.38. The number of benzene rings is 1. The molecule has 0 aliphatic rings. The van der Waals surface area contributed by atoms with Gasteiger partial charge in [-0.1, -0.05) is 23.7 Å². The molecular weight excluding hydrogens is 284 g/mol. The Kier molecular flexibility index (Phi) is 4.56. The monoisotopic (exact) mass is 296 g/mol. The highest BCUT2D eigenvalue weighted by atomic mass is 35.5. The second kappa shape index (κ2) is 6.17. The Labute approximate surface area is 120 Å². The van der Waals surface area contributed by atoms with E-state index in [2.05, 4.69) is 4.74 Å². The summed E-state index contributed by atoms with van der Waals surface area (Å²) >= 11 is 7.69. The quantitative estimate of drug-likeness (QED) is 0.612. The van der Waals surface area contributed by atoms with Gasteiger partial charge in [-0.05, 0) is 31.2 Å². The van der Waals surface area contributed by atoms with Crippen molar-refractivity contribution in [3.05, 3.63) is 52.9 Å². The SMILES string of the molecule is COC(=O)c1ccc(C(C)Sc2ccccc2Cl)o1. The van der Waals surface area contributed by atoms with Gasteiger partial charge in [-0.15, -0.1) is 11.8 Å². The molecule has 19 heavy (non-hydrogen) atoms. The lowest BCUT2D eigenvalue weighted by atomic mass is 10.3. The number of ether oxygens (including phenoxy) is 1. The number of furan rings is 1. The van der Waals surface area contributed by atoms with E-state index in [1.807, 2.05) is 31.2 Å². The predicted molar refractivity (Wildman–Crippen MR) is 75.8 cm³/mol. The van der Waals surface area contributed by atoms with Crippen LogP contribution in [0.2, 0.25) is 5.02 Å². The Morgan fingerprint density at radius 2 is 2.05 bits per heavy atom. The lowest BCUT2D eigenvalue weighted by molar-refractivity contribution is 0.0563. The Hall–Kier alpha value is -1.39. The molecule has 1 atom stereocenters. The standard InChI is InChI=1S/C14H13ClO3S/c1-9(19-13-6-4-3-5-10(13)15)11-7-8-12(18-11)14(16)17-2/h3-9H,1-2H3. The Balaban J connectivity index is 2.12. The highest BCUT2D eigenvalue weighted by Gasteiger charge is 2.16. The van der Waals surface area contributed by atoms with Crippen LogP contribution >= 0.6 is 23.4 Å². The first kappa shape index (κ1) is 14.0.